The number of halogens is 1. The maximum atomic E-state index is 4.79. The minimum absolute atomic E-state index is 1.06. The van der Waals surface area contributed by atoms with E-state index in [2.05, 4.69) is 75.9 Å². The number of fused-ring (bicyclic) bond motifs is 1. The molecule has 0 saturated carbocycles. The Labute approximate surface area is 139 Å². The SMILES string of the molecule is Brc1ccc(-c2nc(-c3cc4ccccc4s3)cs2)cc1. The molecule has 0 saturated heterocycles. The van der Waals surface area contributed by atoms with Gasteiger partial charge in [0.15, 0.2) is 0 Å². The monoisotopic (exact) mass is 371 g/mol. The van der Waals surface area contributed by atoms with E-state index in [4.69, 9.17) is 4.98 Å². The summed E-state index contributed by atoms with van der Waals surface area (Å²) >= 11 is 6.96. The quantitative estimate of drug-likeness (QED) is 0.394. The molecule has 0 aliphatic carbocycles. The zero-order valence-corrected chi connectivity index (χ0v) is 14.1. The molecule has 102 valence electrons. The van der Waals surface area contributed by atoms with E-state index >= 15 is 0 Å². The summed E-state index contributed by atoms with van der Waals surface area (Å²) in [5.74, 6) is 0. The Hall–Kier alpha value is -1.49. The van der Waals surface area contributed by atoms with Crippen molar-refractivity contribution in [1.82, 2.24) is 4.98 Å². The topological polar surface area (TPSA) is 12.9 Å². The van der Waals surface area contributed by atoms with E-state index in [0.717, 1.165) is 20.7 Å². The van der Waals surface area contributed by atoms with Crippen molar-refractivity contribution in [3.8, 4) is 21.1 Å². The van der Waals surface area contributed by atoms with Gasteiger partial charge in [-0.15, -0.1) is 22.7 Å². The van der Waals surface area contributed by atoms with Crippen molar-refractivity contribution in [3.63, 3.8) is 0 Å². The zero-order valence-electron chi connectivity index (χ0n) is 10.9. The first-order chi connectivity index (χ1) is 10.3. The Bertz CT molecular complexity index is 873. The molecule has 4 aromatic rings. The van der Waals surface area contributed by atoms with Crippen LogP contribution < -0.4 is 0 Å². The van der Waals surface area contributed by atoms with Crippen LogP contribution >= 0.6 is 38.6 Å². The Morgan fingerprint density at radius 3 is 2.57 bits per heavy atom. The van der Waals surface area contributed by atoms with Crippen molar-refractivity contribution < 1.29 is 0 Å². The van der Waals surface area contributed by atoms with E-state index in [0.29, 0.717) is 0 Å². The number of nitrogens with zero attached hydrogens (tertiary/aromatic N) is 1. The van der Waals surface area contributed by atoms with Crippen LogP contribution in [0.5, 0.6) is 0 Å². The van der Waals surface area contributed by atoms with Crippen LogP contribution in [0.1, 0.15) is 0 Å². The highest BCUT2D eigenvalue weighted by molar-refractivity contribution is 9.10. The lowest BCUT2D eigenvalue weighted by atomic mass is 10.2. The molecule has 0 radical (unpaired) electrons. The Balaban J connectivity index is 1.75. The van der Waals surface area contributed by atoms with Crippen molar-refractivity contribution >= 4 is 48.7 Å². The molecule has 0 N–H and O–H groups in total. The van der Waals surface area contributed by atoms with Gasteiger partial charge in [0.25, 0.3) is 0 Å². The highest BCUT2D eigenvalue weighted by Crippen LogP contribution is 2.36. The van der Waals surface area contributed by atoms with Crippen molar-refractivity contribution in [2.45, 2.75) is 0 Å². The second kappa shape index (κ2) is 5.37. The smallest absolute Gasteiger partial charge is 0.124 e. The molecular formula is C17H10BrNS2. The molecule has 0 amide bonds. The molecule has 0 aliphatic rings. The number of thiophene rings is 1. The molecular weight excluding hydrogens is 362 g/mol. The number of aromatic nitrogens is 1. The summed E-state index contributed by atoms with van der Waals surface area (Å²) in [6.45, 7) is 0. The molecule has 0 aliphatic heterocycles. The Kier molecular flexibility index (Phi) is 3.37. The third kappa shape index (κ3) is 2.55. The third-order valence-corrected chi connectivity index (χ3v) is 5.83. The summed E-state index contributed by atoms with van der Waals surface area (Å²) in [5, 5.41) is 4.49. The van der Waals surface area contributed by atoms with Crippen molar-refractivity contribution in [3.05, 3.63) is 64.5 Å². The maximum absolute atomic E-state index is 4.79. The van der Waals surface area contributed by atoms with Gasteiger partial charge in [0.05, 0.1) is 10.6 Å². The second-order valence-corrected chi connectivity index (χ2v) is 7.55. The van der Waals surface area contributed by atoms with Gasteiger partial charge in [-0.1, -0.05) is 46.3 Å². The fraction of sp³-hybridized carbons (Fsp3) is 0. The summed E-state index contributed by atoms with van der Waals surface area (Å²) in [5.41, 5.74) is 2.23. The largest absolute Gasteiger partial charge is 0.235 e. The van der Waals surface area contributed by atoms with Crippen LogP contribution in [0.3, 0.4) is 0 Å². The molecule has 4 rings (SSSR count). The molecule has 0 spiro atoms. The van der Waals surface area contributed by atoms with Gasteiger partial charge in [-0.25, -0.2) is 4.98 Å². The molecule has 21 heavy (non-hydrogen) atoms. The van der Waals surface area contributed by atoms with Gasteiger partial charge in [-0.3, -0.25) is 0 Å². The Morgan fingerprint density at radius 2 is 1.76 bits per heavy atom. The molecule has 0 unspecified atom stereocenters. The van der Waals surface area contributed by atoms with Gasteiger partial charge in [0, 0.05) is 20.1 Å². The highest BCUT2D eigenvalue weighted by Gasteiger charge is 2.09. The fourth-order valence-corrected chi connectivity index (χ4v) is 4.41. The van der Waals surface area contributed by atoms with Gasteiger partial charge >= 0.3 is 0 Å². The summed E-state index contributed by atoms with van der Waals surface area (Å²) in [6.07, 6.45) is 0. The predicted octanol–water partition coefficient (Wildman–Crippen LogP) is 6.45. The molecule has 2 aromatic carbocycles. The van der Waals surface area contributed by atoms with Gasteiger partial charge in [0.2, 0.25) is 0 Å². The first-order valence-corrected chi connectivity index (χ1v) is 8.99. The fourth-order valence-electron chi connectivity index (χ4n) is 2.22. The summed E-state index contributed by atoms with van der Waals surface area (Å²) in [6, 6.07) is 19.0. The summed E-state index contributed by atoms with van der Waals surface area (Å²) in [7, 11) is 0. The first-order valence-electron chi connectivity index (χ1n) is 6.50. The van der Waals surface area contributed by atoms with Crippen molar-refractivity contribution in [2.24, 2.45) is 0 Å². The van der Waals surface area contributed by atoms with Crippen LogP contribution in [0.4, 0.5) is 0 Å². The lowest BCUT2D eigenvalue weighted by Crippen LogP contribution is -1.76. The van der Waals surface area contributed by atoms with E-state index in [9.17, 15) is 0 Å². The normalized spacial score (nSPS) is 11.1. The Morgan fingerprint density at radius 1 is 0.952 bits per heavy atom. The van der Waals surface area contributed by atoms with Crippen LogP contribution in [0.25, 0.3) is 31.2 Å². The minimum Gasteiger partial charge on any atom is -0.235 e. The summed E-state index contributed by atoms with van der Waals surface area (Å²) < 4.78 is 2.40. The molecule has 2 heterocycles. The van der Waals surface area contributed by atoms with Crippen LogP contribution in [0.2, 0.25) is 0 Å². The number of hydrogen-bond acceptors (Lipinski definition) is 3. The molecule has 0 atom stereocenters. The number of benzene rings is 2. The van der Waals surface area contributed by atoms with E-state index < -0.39 is 0 Å². The number of rotatable bonds is 2. The van der Waals surface area contributed by atoms with Gasteiger partial charge < -0.3 is 0 Å². The molecule has 0 bridgehead atoms. The summed E-state index contributed by atoms with van der Waals surface area (Å²) in [4.78, 5) is 6.02. The lowest BCUT2D eigenvalue weighted by Gasteiger charge is -1.95. The number of hydrogen-bond donors (Lipinski definition) is 0. The highest BCUT2D eigenvalue weighted by atomic mass is 79.9. The van der Waals surface area contributed by atoms with Gasteiger partial charge in [-0.05, 0) is 29.7 Å². The van der Waals surface area contributed by atoms with Crippen LogP contribution in [0, 0.1) is 0 Å². The zero-order chi connectivity index (χ0) is 14.2. The maximum Gasteiger partial charge on any atom is 0.124 e. The predicted molar refractivity (Wildman–Crippen MR) is 96.1 cm³/mol. The molecule has 2 aromatic heterocycles. The third-order valence-electron chi connectivity index (χ3n) is 3.27. The average Bonchev–Trinajstić information content (AvgIpc) is 3.14. The second-order valence-electron chi connectivity index (χ2n) is 4.69. The molecule has 1 nitrogen and oxygen atoms in total. The average molecular weight is 372 g/mol. The van der Waals surface area contributed by atoms with Crippen LogP contribution in [-0.4, -0.2) is 4.98 Å². The minimum atomic E-state index is 1.06. The van der Waals surface area contributed by atoms with Crippen molar-refractivity contribution in [1.29, 1.82) is 0 Å². The van der Waals surface area contributed by atoms with Crippen LogP contribution in [-0.2, 0) is 0 Å². The molecule has 4 heteroatoms. The lowest BCUT2D eigenvalue weighted by molar-refractivity contribution is 1.42. The van der Waals surface area contributed by atoms with E-state index in [1.807, 2.05) is 0 Å². The molecule has 0 fully saturated rings. The van der Waals surface area contributed by atoms with Crippen molar-refractivity contribution in [2.75, 3.05) is 0 Å². The number of thiazole rings is 1. The van der Waals surface area contributed by atoms with E-state index in [-0.39, 0.29) is 0 Å². The van der Waals surface area contributed by atoms with Gasteiger partial charge in [-0.2, -0.15) is 0 Å². The van der Waals surface area contributed by atoms with Gasteiger partial charge in [0.1, 0.15) is 5.01 Å². The standard InChI is InChI=1S/C17H10BrNS2/c18-13-7-5-11(6-8-13)17-19-14(10-20-17)16-9-12-3-1-2-4-15(12)21-16/h1-10H. The van der Waals surface area contributed by atoms with E-state index in [1.165, 1.54) is 15.0 Å². The van der Waals surface area contributed by atoms with Crippen LogP contribution in [0.15, 0.2) is 64.5 Å². The first kappa shape index (κ1) is 13.2. The van der Waals surface area contributed by atoms with E-state index in [1.54, 1.807) is 22.7 Å².